The summed E-state index contributed by atoms with van der Waals surface area (Å²) in [6, 6.07) is 7.97. The third kappa shape index (κ3) is 2.24. The molecule has 4 heteroatoms. The van der Waals surface area contributed by atoms with Crippen LogP contribution in [0.5, 0.6) is 0 Å². The molecule has 0 radical (unpaired) electrons. The van der Waals surface area contributed by atoms with E-state index in [0.717, 1.165) is 33.4 Å². The summed E-state index contributed by atoms with van der Waals surface area (Å²) in [5.41, 5.74) is 7.05. The van der Waals surface area contributed by atoms with Crippen LogP contribution in [0.25, 0.3) is 21.1 Å². The number of benzene rings is 2. The van der Waals surface area contributed by atoms with E-state index in [-0.39, 0.29) is 0 Å². The van der Waals surface area contributed by atoms with E-state index >= 15 is 0 Å². The van der Waals surface area contributed by atoms with E-state index in [1.165, 1.54) is 0 Å². The van der Waals surface area contributed by atoms with Gasteiger partial charge in [-0.1, -0.05) is 0 Å². The third-order valence-corrected chi connectivity index (χ3v) is 3.52. The topological polar surface area (TPSA) is 56.3 Å². The highest BCUT2D eigenvalue weighted by atomic mass is 14.9. The Morgan fingerprint density at radius 1 is 0.600 bits per heavy atom. The zero-order valence-electron chi connectivity index (χ0n) is 12.1. The van der Waals surface area contributed by atoms with Gasteiger partial charge in [-0.05, 0) is 63.1 Å². The maximum Gasteiger partial charge on any atom is 0.390 e. The summed E-state index contributed by atoms with van der Waals surface area (Å²) < 4.78 is 0. The summed E-state index contributed by atoms with van der Waals surface area (Å²) in [4.78, 5) is 6.64. The predicted molar refractivity (Wildman–Crippen MR) is 80.3 cm³/mol. The first-order valence-corrected chi connectivity index (χ1v) is 6.41. The Balaban J connectivity index is 2.65. The van der Waals surface area contributed by atoms with Gasteiger partial charge in [-0.3, -0.25) is 0 Å². The van der Waals surface area contributed by atoms with Crippen LogP contribution in [0.4, 0.5) is 11.4 Å². The zero-order chi connectivity index (χ0) is 14.9. The van der Waals surface area contributed by atoms with Crippen LogP contribution in [0.2, 0.25) is 0 Å². The smallest absolute Gasteiger partial charge is 0.0434 e. The van der Waals surface area contributed by atoms with Gasteiger partial charge in [-0.25, -0.2) is 0 Å². The molecule has 0 heterocycles. The number of nitrogens with zero attached hydrogens (tertiary/aromatic N) is 4. The van der Waals surface area contributed by atoms with Crippen molar-refractivity contribution < 1.29 is 0 Å². The minimum absolute atomic E-state index is 0.615. The van der Waals surface area contributed by atoms with E-state index in [2.05, 4.69) is 9.95 Å². The minimum Gasteiger partial charge on any atom is -0.0434 e. The summed E-state index contributed by atoms with van der Waals surface area (Å²) in [5.74, 6) is 0. The average Bonchev–Trinajstić information content (AvgIpc) is 2.37. The van der Waals surface area contributed by atoms with Crippen molar-refractivity contribution in [3.63, 3.8) is 0 Å². The van der Waals surface area contributed by atoms with Crippen molar-refractivity contribution in [1.82, 2.24) is 0 Å². The van der Waals surface area contributed by atoms with Gasteiger partial charge in [0.1, 0.15) is 0 Å². The second kappa shape index (κ2) is 5.11. The monoisotopic (exact) mass is 264 g/mol. The van der Waals surface area contributed by atoms with E-state index in [4.69, 9.17) is 10.8 Å². The molecule has 4 nitrogen and oxygen atoms in total. The van der Waals surface area contributed by atoms with Crippen molar-refractivity contribution in [1.29, 1.82) is 10.8 Å². The van der Waals surface area contributed by atoms with Crippen LogP contribution < -0.4 is 0 Å². The van der Waals surface area contributed by atoms with E-state index in [9.17, 15) is 0 Å². The lowest BCUT2D eigenvalue weighted by atomic mass is 9.95. The number of aryl methyl sites for hydroxylation is 4. The second-order valence-corrected chi connectivity index (χ2v) is 5.12. The second-order valence-electron chi connectivity index (χ2n) is 5.12. The lowest BCUT2D eigenvalue weighted by Crippen LogP contribution is -1.87. The number of diazo groups is 2. The van der Waals surface area contributed by atoms with E-state index < -0.39 is 0 Å². The highest BCUT2D eigenvalue weighted by Crippen LogP contribution is 2.34. The van der Waals surface area contributed by atoms with Gasteiger partial charge < -0.3 is 0 Å². The summed E-state index contributed by atoms with van der Waals surface area (Å²) in [6.45, 7) is 7.68. The molecule has 0 saturated carbocycles. The van der Waals surface area contributed by atoms with Gasteiger partial charge >= 0.3 is 11.4 Å². The summed E-state index contributed by atoms with van der Waals surface area (Å²) in [5, 5.41) is 18.0. The molecule has 2 rings (SSSR count). The Kier molecular flexibility index (Phi) is 3.50. The molecule has 0 saturated heterocycles. The van der Waals surface area contributed by atoms with E-state index in [0.29, 0.717) is 11.4 Å². The minimum atomic E-state index is 0.615. The molecule has 0 aliphatic rings. The normalized spacial score (nSPS) is 9.90. The SMILES string of the molecule is Cc1cc(-c2cc(C)c([N+]#N)c(C)c2)cc(C)c1[N+]#N. The Bertz CT molecular complexity index is 663. The Morgan fingerprint density at radius 3 is 1.05 bits per heavy atom. The van der Waals surface area contributed by atoms with Crippen molar-refractivity contribution in [3.05, 3.63) is 56.5 Å². The Labute approximate surface area is 118 Å². The predicted octanol–water partition coefficient (Wildman–Crippen LogP) is 5.56. The van der Waals surface area contributed by atoms with Crippen molar-refractivity contribution in [2.75, 3.05) is 0 Å². The van der Waals surface area contributed by atoms with Crippen LogP contribution in [-0.4, -0.2) is 0 Å². The quantitative estimate of drug-likeness (QED) is 0.633. The molecule has 0 aromatic heterocycles. The maximum absolute atomic E-state index is 9.00. The molecule has 2 aromatic carbocycles. The van der Waals surface area contributed by atoms with E-state index in [1.54, 1.807) is 0 Å². The molecule has 0 bridgehead atoms. The van der Waals surface area contributed by atoms with Gasteiger partial charge in [0, 0.05) is 22.3 Å². The summed E-state index contributed by atoms with van der Waals surface area (Å²) >= 11 is 0. The first kappa shape index (κ1) is 13.7. The fourth-order valence-electron chi connectivity index (χ4n) is 2.56. The van der Waals surface area contributed by atoms with Gasteiger partial charge in [0.15, 0.2) is 9.95 Å². The molecule has 0 aliphatic heterocycles. The van der Waals surface area contributed by atoms with Crippen LogP contribution in [0.15, 0.2) is 24.3 Å². The average molecular weight is 264 g/mol. The van der Waals surface area contributed by atoms with Crippen LogP contribution in [0.3, 0.4) is 0 Å². The van der Waals surface area contributed by atoms with Crippen LogP contribution in [0.1, 0.15) is 22.3 Å². The molecule has 0 N–H and O–H groups in total. The summed E-state index contributed by atoms with van der Waals surface area (Å²) in [7, 11) is 0. The highest BCUT2D eigenvalue weighted by Gasteiger charge is 2.19. The number of rotatable bonds is 1. The molecule has 20 heavy (non-hydrogen) atoms. The van der Waals surface area contributed by atoms with Gasteiger partial charge in [0.25, 0.3) is 0 Å². The van der Waals surface area contributed by atoms with Crippen molar-refractivity contribution in [2.45, 2.75) is 27.7 Å². The lowest BCUT2D eigenvalue weighted by Gasteiger charge is -2.05. The van der Waals surface area contributed by atoms with Gasteiger partial charge in [0.05, 0.1) is 0 Å². The molecule has 0 amide bonds. The molecular weight excluding hydrogens is 248 g/mol. The van der Waals surface area contributed by atoms with Gasteiger partial charge in [-0.2, -0.15) is 0 Å². The van der Waals surface area contributed by atoms with Crippen LogP contribution >= 0.6 is 0 Å². The standard InChI is InChI=1S/C16H16N4/c1-9-5-13(6-10(2)15(9)19-17)14-7-11(3)16(20-18)12(4)8-14/h5-8H,1-4H3/q+2. The fourth-order valence-corrected chi connectivity index (χ4v) is 2.56. The van der Waals surface area contributed by atoms with Gasteiger partial charge in [0.2, 0.25) is 10.8 Å². The Morgan fingerprint density at radius 2 is 0.850 bits per heavy atom. The fraction of sp³-hybridized carbons (Fsp3) is 0.250. The molecule has 98 valence electrons. The molecule has 2 aromatic rings. The zero-order valence-corrected chi connectivity index (χ0v) is 12.1. The molecular formula is C16H16N4+2. The molecule has 0 spiro atoms. The maximum atomic E-state index is 9.00. The van der Waals surface area contributed by atoms with Crippen molar-refractivity contribution in [3.8, 4) is 11.1 Å². The first-order chi connectivity index (χ1) is 9.47. The Hall–Kier alpha value is -2.72. The van der Waals surface area contributed by atoms with Crippen molar-refractivity contribution in [2.24, 2.45) is 0 Å². The lowest BCUT2D eigenvalue weighted by molar-refractivity contribution is 1.34. The number of hydrogen-bond donors (Lipinski definition) is 0. The van der Waals surface area contributed by atoms with Crippen LogP contribution in [0, 0.1) is 38.5 Å². The number of hydrogen-bond acceptors (Lipinski definition) is 2. The first-order valence-electron chi connectivity index (χ1n) is 6.41. The molecule has 0 atom stereocenters. The largest absolute Gasteiger partial charge is 0.390 e. The third-order valence-electron chi connectivity index (χ3n) is 3.52. The highest BCUT2D eigenvalue weighted by molar-refractivity contribution is 5.75. The molecule has 0 unspecified atom stereocenters. The van der Waals surface area contributed by atoms with E-state index in [1.807, 2.05) is 52.0 Å². The van der Waals surface area contributed by atoms with Crippen molar-refractivity contribution >= 4 is 11.4 Å². The summed E-state index contributed by atoms with van der Waals surface area (Å²) in [6.07, 6.45) is 0. The molecule has 0 aliphatic carbocycles. The van der Waals surface area contributed by atoms with Crippen LogP contribution in [-0.2, 0) is 0 Å². The van der Waals surface area contributed by atoms with Gasteiger partial charge in [-0.15, -0.1) is 0 Å². The molecule has 0 fully saturated rings.